The number of aromatic hydroxyl groups is 4. The zero-order valence-electron chi connectivity index (χ0n) is 16.7. The van der Waals surface area contributed by atoms with Crippen molar-refractivity contribution >= 4 is 11.0 Å². The van der Waals surface area contributed by atoms with Crippen LogP contribution in [0.25, 0.3) is 22.1 Å². The Morgan fingerprint density at radius 1 is 0.879 bits per heavy atom. The van der Waals surface area contributed by atoms with Gasteiger partial charge < -0.3 is 54.7 Å². The Morgan fingerprint density at radius 3 is 2.27 bits per heavy atom. The van der Waals surface area contributed by atoms with E-state index in [9.17, 15) is 45.6 Å². The van der Waals surface area contributed by atoms with Gasteiger partial charge in [-0.15, -0.1) is 0 Å². The largest absolute Gasteiger partial charge is 0.508 e. The maximum absolute atomic E-state index is 13.3. The number of rotatable bonds is 4. The number of aliphatic hydroxyl groups is 4. The molecule has 2 heterocycles. The van der Waals surface area contributed by atoms with Crippen LogP contribution in [-0.4, -0.2) is 78.2 Å². The minimum Gasteiger partial charge on any atom is -0.508 e. The molecule has 12 heteroatoms. The first-order chi connectivity index (χ1) is 15.6. The van der Waals surface area contributed by atoms with E-state index in [2.05, 4.69) is 0 Å². The van der Waals surface area contributed by atoms with Crippen molar-refractivity contribution in [2.75, 3.05) is 6.61 Å². The Kier molecular flexibility index (Phi) is 5.78. The quantitative estimate of drug-likeness (QED) is 0.229. The minimum atomic E-state index is -1.83. The molecule has 4 rings (SSSR count). The lowest BCUT2D eigenvalue weighted by Crippen LogP contribution is -2.60. The number of phenolic OH excluding ortho intramolecular Hbond substituents is 4. The van der Waals surface area contributed by atoms with Gasteiger partial charge in [0.05, 0.1) is 6.61 Å². The highest BCUT2D eigenvalue weighted by molar-refractivity contribution is 5.89. The van der Waals surface area contributed by atoms with Gasteiger partial charge in [0.1, 0.15) is 52.4 Å². The fourth-order valence-electron chi connectivity index (χ4n) is 3.55. The van der Waals surface area contributed by atoms with Crippen LogP contribution in [0.1, 0.15) is 0 Å². The highest BCUT2D eigenvalue weighted by Gasteiger charge is 2.45. The number of ether oxygens (including phenoxy) is 2. The number of aliphatic hydroxyl groups excluding tert-OH is 4. The molecule has 176 valence electrons. The standard InChI is InChI=1S/C21H20O12/c22-6-13-16(27)18(29)19(30)21(32-13)33-20-14(7-1-2-9(24)10(25)3-7)17(28)15-11(26)4-8(23)5-12(15)31-20/h1-5,13,16,18-19,21-27,29-30H,6H2/t13-,16-,18+,19-,21+/m1/s1. The second kappa shape index (κ2) is 8.42. The fourth-order valence-corrected chi connectivity index (χ4v) is 3.55. The molecule has 1 aliphatic rings. The highest BCUT2D eigenvalue weighted by atomic mass is 16.7. The molecule has 0 saturated carbocycles. The van der Waals surface area contributed by atoms with Gasteiger partial charge in [-0.2, -0.15) is 0 Å². The molecule has 12 nitrogen and oxygen atoms in total. The Balaban J connectivity index is 1.91. The van der Waals surface area contributed by atoms with Crippen molar-refractivity contribution in [2.45, 2.75) is 30.7 Å². The molecule has 0 amide bonds. The van der Waals surface area contributed by atoms with E-state index in [1.54, 1.807) is 0 Å². The lowest BCUT2D eigenvalue weighted by Gasteiger charge is -2.39. The van der Waals surface area contributed by atoms with Crippen molar-refractivity contribution in [3.05, 3.63) is 40.6 Å². The Hall–Kier alpha value is -3.55. The van der Waals surface area contributed by atoms with E-state index in [0.29, 0.717) is 0 Å². The summed E-state index contributed by atoms with van der Waals surface area (Å²) in [6.07, 6.45) is -8.30. The van der Waals surface area contributed by atoms with E-state index in [1.807, 2.05) is 0 Å². The van der Waals surface area contributed by atoms with Crippen LogP contribution in [0, 0.1) is 0 Å². The van der Waals surface area contributed by atoms with Gasteiger partial charge in [0.2, 0.25) is 11.7 Å². The van der Waals surface area contributed by atoms with Crippen molar-refractivity contribution in [3.8, 4) is 40.1 Å². The third kappa shape index (κ3) is 3.90. The average Bonchev–Trinajstić information content (AvgIpc) is 2.75. The number of phenols is 4. The van der Waals surface area contributed by atoms with Crippen molar-refractivity contribution in [2.24, 2.45) is 0 Å². The molecule has 1 saturated heterocycles. The molecular weight excluding hydrogens is 444 g/mol. The molecule has 0 bridgehead atoms. The van der Waals surface area contributed by atoms with Gasteiger partial charge in [-0.3, -0.25) is 4.79 Å². The zero-order valence-corrected chi connectivity index (χ0v) is 16.7. The second-order valence-electron chi connectivity index (χ2n) is 7.45. The molecule has 0 unspecified atom stereocenters. The normalized spacial score (nSPS) is 25.3. The van der Waals surface area contributed by atoms with Crippen molar-refractivity contribution in [1.82, 2.24) is 0 Å². The molecule has 1 aromatic heterocycles. The molecule has 5 atom stereocenters. The molecule has 1 aliphatic heterocycles. The molecule has 2 aromatic carbocycles. The van der Waals surface area contributed by atoms with Gasteiger partial charge >= 0.3 is 0 Å². The average molecular weight is 464 g/mol. The van der Waals surface area contributed by atoms with Crippen molar-refractivity contribution in [1.29, 1.82) is 0 Å². The maximum Gasteiger partial charge on any atom is 0.299 e. The van der Waals surface area contributed by atoms with Crippen LogP contribution in [0.15, 0.2) is 39.5 Å². The first kappa shape index (κ1) is 22.6. The first-order valence-electron chi connectivity index (χ1n) is 9.64. The molecule has 3 aromatic rings. The third-order valence-electron chi connectivity index (χ3n) is 5.26. The number of hydrogen-bond donors (Lipinski definition) is 8. The summed E-state index contributed by atoms with van der Waals surface area (Å²) in [7, 11) is 0. The summed E-state index contributed by atoms with van der Waals surface area (Å²) < 4.78 is 16.4. The van der Waals surface area contributed by atoms with Gasteiger partial charge in [-0.1, -0.05) is 6.07 Å². The van der Waals surface area contributed by atoms with Gasteiger partial charge in [0.25, 0.3) is 5.95 Å². The predicted molar refractivity (Wildman–Crippen MR) is 109 cm³/mol. The monoisotopic (exact) mass is 464 g/mol. The Labute approximate surface area is 184 Å². The van der Waals surface area contributed by atoms with Crippen molar-refractivity contribution in [3.63, 3.8) is 0 Å². The van der Waals surface area contributed by atoms with E-state index in [-0.39, 0.29) is 22.1 Å². The lowest BCUT2D eigenvalue weighted by atomic mass is 9.99. The number of hydrogen-bond acceptors (Lipinski definition) is 12. The Morgan fingerprint density at radius 2 is 1.61 bits per heavy atom. The molecule has 8 N–H and O–H groups in total. The molecular formula is C21H20O12. The third-order valence-corrected chi connectivity index (χ3v) is 5.26. The van der Waals surface area contributed by atoms with Gasteiger partial charge in [-0.05, 0) is 17.7 Å². The highest BCUT2D eigenvalue weighted by Crippen LogP contribution is 2.39. The summed E-state index contributed by atoms with van der Waals surface area (Å²) >= 11 is 0. The summed E-state index contributed by atoms with van der Waals surface area (Å²) in [5.74, 6) is -2.71. The molecule has 33 heavy (non-hydrogen) atoms. The summed E-state index contributed by atoms with van der Waals surface area (Å²) in [6, 6.07) is 5.28. The van der Waals surface area contributed by atoms with E-state index in [1.165, 1.54) is 6.07 Å². The summed E-state index contributed by atoms with van der Waals surface area (Å²) in [5.41, 5.74) is -1.55. The van der Waals surface area contributed by atoms with E-state index < -0.39 is 71.7 Å². The maximum atomic E-state index is 13.3. The van der Waals surface area contributed by atoms with Crippen LogP contribution < -0.4 is 10.2 Å². The van der Waals surface area contributed by atoms with E-state index in [4.69, 9.17) is 13.9 Å². The summed E-state index contributed by atoms with van der Waals surface area (Å²) in [5, 5.41) is 78.7. The molecule has 0 aliphatic carbocycles. The van der Waals surface area contributed by atoms with Crippen LogP contribution in [-0.2, 0) is 4.74 Å². The SMILES string of the molecule is O=c1c(-c2ccc(O)c(O)c2)c(O[C@@H]2O[C@H](CO)[C@@H](O)[C@H](O)[C@H]2O)oc2cc(O)cc(O)c12. The van der Waals surface area contributed by atoms with E-state index in [0.717, 1.165) is 24.3 Å². The molecule has 1 fully saturated rings. The first-order valence-corrected chi connectivity index (χ1v) is 9.64. The van der Waals surface area contributed by atoms with E-state index >= 15 is 0 Å². The second-order valence-corrected chi connectivity index (χ2v) is 7.45. The fraction of sp³-hybridized carbons (Fsp3) is 0.286. The van der Waals surface area contributed by atoms with Gasteiger partial charge in [0, 0.05) is 12.1 Å². The zero-order chi connectivity index (χ0) is 24.0. The van der Waals surface area contributed by atoms with Gasteiger partial charge in [0.15, 0.2) is 11.5 Å². The summed E-state index contributed by atoms with van der Waals surface area (Å²) in [6.45, 7) is -0.729. The smallest absolute Gasteiger partial charge is 0.299 e. The van der Waals surface area contributed by atoms with Crippen LogP contribution in [0.5, 0.6) is 28.9 Å². The molecule has 0 spiro atoms. The van der Waals surface area contributed by atoms with Crippen LogP contribution in [0.2, 0.25) is 0 Å². The number of fused-ring (bicyclic) bond motifs is 1. The topological polar surface area (TPSA) is 211 Å². The van der Waals surface area contributed by atoms with Gasteiger partial charge in [-0.25, -0.2) is 0 Å². The van der Waals surface area contributed by atoms with Crippen LogP contribution in [0.4, 0.5) is 0 Å². The molecule has 0 radical (unpaired) electrons. The number of benzene rings is 2. The van der Waals surface area contributed by atoms with Crippen LogP contribution in [0.3, 0.4) is 0 Å². The Bertz CT molecular complexity index is 1250. The minimum absolute atomic E-state index is 0.0204. The van der Waals surface area contributed by atoms with Crippen LogP contribution >= 0.6 is 0 Å². The van der Waals surface area contributed by atoms with Crippen molar-refractivity contribution < 1.29 is 54.7 Å². The predicted octanol–water partition coefficient (Wildman–Crippen LogP) is -0.539. The lowest BCUT2D eigenvalue weighted by molar-refractivity contribution is -0.280. The summed E-state index contributed by atoms with van der Waals surface area (Å²) in [4.78, 5) is 13.3.